The van der Waals surface area contributed by atoms with Gasteiger partial charge in [0.25, 0.3) is 0 Å². The molecule has 1 N–H and O–H groups in total. The highest BCUT2D eigenvalue weighted by molar-refractivity contribution is 5.75. The molecule has 0 aromatic rings. The summed E-state index contributed by atoms with van der Waals surface area (Å²) in [7, 11) is 1.90. The summed E-state index contributed by atoms with van der Waals surface area (Å²) >= 11 is 0. The van der Waals surface area contributed by atoms with E-state index in [0.717, 1.165) is 32.2 Å². The molecule has 17 heavy (non-hydrogen) atoms. The Balaban J connectivity index is 3.40. The van der Waals surface area contributed by atoms with Crippen LogP contribution in [0.25, 0.3) is 0 Å². The molecule has 3 heteroatoms. The fourth-order valence-electron chi connectivity index (χ4n) is 1.83. The number of rotatable bonds is 11. The van der Waals surface area contributed by atoms with Gasteiger partial charge in [0.05, 0.1) is 0 Å². The second kappa shape index (κ2) is 11.9. The van der Waals surface area contributed by atoms with Crippen LogP contribution >= 0.6 is 0 Å². The molecule has 0 heterocycles. The maximum absolute atomic E-state index is 11.7. The van der Waals surface area contributed by atoms with Crippen LogP contribution in [0.3, 0.4) is 0 Å². The zero-order valence-electron chi connectivity index (χ0n) is 11.6. The zero-order chi connectivity index (χ0) is 12.9. The van der Waals surface area contributed by atoms with E-state index in [4.69, 9.17) is 5.11 Å². The number of amides is 1. The highest BCUT2D eigenvalue weighted by atomic mass is 16.2. The lowest BCUT2D eigenvalue weighted by atomic mass is 10.1. The average molecular weight is 243 g/mol. The molecule has 0 bridgehead atoms. The van der Waals surface area contributed by atoms with Crippen molar-refractivity contribution in [2.24, 2.45) is 0 Å². The van der Waals surface area contributed by atoms with Crippen LogP contribution in [0, 0.1) is 0 Å². The molecule has 0 atom stereocenters. The quantitative estimate of drug-likeness (QED) is 0.567. The second-order valence-electron chi connectivity index (χ2n) is 4.76. The Morgan fingerprint density at radius 2 is 1.65 bits per heavy atom. The Labute approximate surface area is 106 Å². The van der Waals surface area contributed by atoms with E-state index in [-0.39, 0.29) is 12.5 Å². The first-order valence-electron chi connectivity index (χ1n) is 7.07. The fraction of sp³-hybridized carbons (Fsp3) is 0.929. The number of nitrogens with zero attached hydrogens (tertiary/aromatic N) is 1. The molecule has 0 aliphatic rings. The Bertz CT molecular complexity index is 183. The van der Waals surface area contributed by atoms with E-state index in [9.17, 15) is 4.79 Å². The van der Waals surface area contributed by atoms with E-state index >= 15 is 0 Å². The molecule has 0 rings (SSSR count). The third kappa shape index (κ3) is 10.3. The number of hydrogen-bond donors (Lipinski definition) is 1. The number of carbonyl (C=O) groups is 1. The van der Waals surface area contributed by atoms with Crippen molar-refractivity contribution in [3.63, 3.8) is 0 Å². The summed E-state index contributed by atoms with van der Waals surface area (Å²) in [6.07, 6.45) is 9.51. The molecule has 0 spiro atoms. The summed E-state index contributed by atoms with van der Waals surface area (Å²) in [5, 5.41) is 8.63. The Hall–Kier alpha value is -0.570. The minimum Gasteiger partial charge on any atom is -0.396 e. The molecule has 102 valence electrons. The van der Waals surface area contributed by atoms with Crippen LogP contribution in [0.1, 0.15) is 64.7 Å². The standard InChI is InChI=1S/C14H29NO2/c1-3-4-5-6-9-12-15(2)14(17)11-8-7-10-13-16/h16H,3-13H2,1-2H3. The van der Waals surface area contributed by atoms with Gasteiger partial charge in [-0.05, 0) is 19.3 Å². The molecule has 0 aromatic heterocycles. The van der Waals surface area contributed by atoms with E-state index in [1.165, 1.54) is 25.7 Å². The van der Waals surface area contributed by atoms with Gasteiger partial charge in [0.15, 0.2) is 0 Å². The van der Waals surface area contributed by atoms with Crippen LogP contribution in [0.2, 0.25) is 0 Å². The van der Waals surface area contributed by atoms with Gasteiger partial charge in [-0.15, -0.1) is 0 Å². The van der Waals surface area contributed by atoms with E-state index in [0.29, 0.717) is 6.42 Å². The first-order valence-corrected chi connectivity index (χ1v) is 7.07. The number of aliphatic hydroxyl groups excluding tert-OH is 1. The van der Waals surface area contributed by atoms with Gasteiger partial charge in [-0.2, -0.15) is 0 Å². The predicted molar refractivity (Wildman–Crippen MR) is 71.9 cm³/mol. The van der Waals surface area contributed by atoms with Crippen molar-refractivity contribution >= 4 is 5.91 Å². The van der Waals surface area contributed by atoms with Gasteiger partial charge < -0.3 is 10.0 Å². The second-order valence-corrected chi connectivity index (χ2v) is 4.76. The third-order valence-electron chi connectivity index (χ3n) is 3.07. The van der Waals surface area contributed by atoms with E-state index in [1.807, 2.05) is 11.9 Å². The molecule has 3 nitrogen and oxygen atoms in total. The molecule has 0 saturated carbocycles. The molecule has 0 aliphatic carbocycles. The molecule has 0 radical (unpaired) electrons. The van der Waals surface area contributed by atoms with E-state index in [2.05, 4.69) is 6.92 Å². The highest BCUT2D eigenvalue weighted by Gasteiger charge is 2.07. The predicted octanol–water partition coefficient (Wildman–Crippen LogP) is 2.97. The fourth-order valence-corrected chi connectivity index (χ4v) is 1.83. The molecule has 1 amide bonds. The van der Waals surface area contributed by atoms with Gasteiger partial charge in [-0.3, -0.25) is 4.79 Å². The van der Waals surface area contributed by atoms with Crippen LogP contribution < -0.4 is 0 Å². The van der Waals surface area contributed by atoms with E-state index in [1.54, 1.807) is 0 Å². The van der Waals surface area contributed by atoms with Gasteiger partial charge in [-0.25, -0.2) is 0 Å². The largest absolute Gasteiger partial charge is 0.396 e. The van der Waals surface area contributed by atoms with Gasteiger partial charge in [-0.1, -0.05) is 39.0 Å². The van der Waals surface area contributed by atoms with Gasteiger partial charge in [0.1, 0.15) is 0 Å². The maximum atomic E-state index is 11.7. The Kier molecular flexibility index (Phi) is 11.5. The molecular weight excluding hydrogens is 214 g/mol. The van der Waals surface area contributed by atoms with E-state index < -0.39 is 0 Å². The van der Waals surface area contributed by atoms with Crippen molar-refractivity contribution in [3.05, 3.63) is 0 Å². The average Bonchev–Trinajstić information content (AvgIpc) is 2.34. The van der Waals surface area contributed by atoms with Crippen LogP contribution in [-0.4, -0.2) is 36.1 Å². The van der Waals surface area contributed by atoms with Crippen LogP contribution in [0.5, 0.6) is 0 Å². The van der Waals surface area contributed by atoms with Crippen LogP contribution in [0.4, 0.5) is 0 Å². The number of aliphatic hydroxyl groups is 1. The molecule has 0 aliphatic heterocycles. The number of hydrogen-bond acceptors (Lipinski definition) is 2. The maximum Gasteiger partial charge on any atom is 0.222 e. The third-order valence-corrected chi connectivity index (χ3v) is 3.07. The summed E-state index contributed by atoms with van der Waals surface area (Å²) in [5.74, 6) is 0.249. The summed E-state index contributed by atoms with van der Waals surface area (Å²) in [4.78, 5) is 13.5. The van der Waals surface area contributed by atoms with Gasteiger partial charge in [0, 0.05) is 26.6 Å². The lowest BCUT2D eigenvalue weighted by Gasteiger charge is -2.16. The minimum atomic E-state index is 0.238. The summed E-state index contributed by atoms with van der Waals surface area (Å²) in [6, 6.07) is 0. The van der Waals surface area contributed by atoms with Crippen LogP contribution in [-0.2, 0) is 4.79 Å². The van der Waals surface area contributed by atoms with Gasteiger partial charge in [0.2, 0.25) is 5.91 Å². The van der Waals surface area contributed by atoms with Gasteiger partial charge >= 0.3 is 0 Å². The monoisotopic (exact) mass is 243 g/mol. The normalized spacial score (nSPS) is 10.5. The molecule has 0 aromatic carbocycles. The van der Waals surface area contributed by atoms with Crippen molar-refractivity contribution in [2.45, 2.75) is 64.7 Å². The first-order chi connectivity index (χ1) is 8.22. The Morgan fingerprint density at radius 1 is 1.00 bits per heavy atom. The molecular formula is C14H29NO2. The topological polar surface area (TPSA) is 40.5 Å². The van der Waals surface area contributed by atoms with Crippen molar-refractivity contribution in [2.75, 3.05) is 20.2 Å². The highest BCUT2D eigenvalue weighted by Crippen LogP contribution is 2.06. The van der Waals surface area contributed by atoms with Crippen molar-refractivity contribution in [1.29, 1.82) is 0 Å². The molecule has 0 saturated heterocycles. The number of carbonyl (C=O) groups excluding carboxylic acids is 1. The van der Waals surface area contributed by atoms with Crippen molar-refractivity contribution < 1.29 is 9.90 Å². The van der Waals surface area contributed by atoms with Crippen LogP contribution in [0.15, 0.2) is 0 Å². The van der Waals surface area contributed by atoms with Crippen molar-refractivity contribution in [1.82, 2.24) is 4.90 Å². The lowest BCUT2D eigenvalue weighted by molar-refractivity contribution is -0.130. The molecule has 0 unspecified atom stereocenters. The summed E-state index contributed by atoms with van der Waals surface area (Å²) in [5.41, 5.74) is 0. The first kappa shape index (κ1) is 16.4. The minimum absolute atomic E-state index is 0.238. The molecule has 0 fully saturated rings. The summed E-state index contributed by atoms with van der Waals surface area (Å²) < 4.78 is 0. The Morgan fingerprint density at radius 3 is 2.29 bits per heavy atom. The SMILES string of the molecule is CCCCCCCN(C)C(=O)CCCCCO. The summed E-state index contributed by atoms with van der Waals surface area (Å²) in [6.45, 7) is 3.34. The number of unbranched alkanes of at least 4 members (excludes halogenated alkanes) is 6. The van der Waals surface area contributed by atoms with Crippen molar-refractivity contribution in [3.8, 4) is 0 Å². The smallest absolute Gasteiger partial charge is 0.222 e. The lowest BCUT2D eigenvalue weighted by Crippen LogP contribution is -2.27. The zero-order valence-corrected chi connectivity index (χ0v) is 11.6.